The van der Waals surface area contributed by atoms with Gasteiger partial charge in [-0.2, -0.15) is 0 Å². The van der Waals surface area contributed by atoms with Crippen molar-refractivity contribution in [2.45, 2.75) is 26.3 Å². The average molecular weight is 301 g/mol. The van der Waals surface area contributed by atoms with Gasteiger partial charge >= 0.3 is 0 Å². The van der Waals surface area contributed by atoms with Gasteiger partial charge in [0.25, 0.3) is 0 Å². The minimum Gasteiger partial charge on any atom is -0.463 e. The summed E-state index contributed by atoms with van der Waals surface area (Å²) in [5.74, 6) is 0.938. The SMILES string of the molecule is Cc1ccc(CC(=O)NC[C@@H](c2ccco2)[NH+](C)C)cc1C. The van der Waals surface area contributed by atoms with Gasteiger partial charge in [-0.1, -0.05) is 18.2 Å². The Kier molecular flexibility index (Phi) is 5.39. The van der Waals surface area contributed by atoms with Gasteiger partial charge in [-0.15, -0.1) is 0 Å². The summed E-state index contributed by atoms with van der Waals surface area (Å²) < 4.78 is 5.46. The first-order chi connectivity index (χ1) is 10.5. The number of quaternary nitrogens is 1. The highest BCUT2D eigenvalue weighted by atomic mass is 16.3. The van der Waals surface area contributed by atoms with Crippen LogP contribution < -0.4 is 10.2 Å². The summed E-state index contributed by atoms with van der Waals surface area (Å²) in [6, 6.07) is 10.1. The molecule has 1 aromatic carbocycles. The number of carbonyl (C=O) groups excluding carboxylic acids is 1. The van der Waals surface area contributed by atoms with Crippen LogP contribution in [0.2, 0.25) is 0 Å². The van der Waals surface area contributed by atoms with Gasteiger partial charge in [0.15, 0.2) is 11.8 Å². The number of benzene rings is 1. The van der Waals surface area contributed by atoms with Crippen LogP contribution in [0.1, 0.15) is 28.5 Å². The molecule has 0 unspecified atom stereocenters. The molecule has 2 aromatic rings. The second-order valence-corrected chi connectivity index (χ2v) is 6.04. The molecular weight excluding hydrogens is 276 g/mol. The largest absolute Gasteiger partial charge is 0.463 e. The number of rotatable bonds is 6. The molecule has 0 aliphatic carbocycles. The molecule has 1 heterocycles. The van der Waals surface area contributed by atoms with E-state index >= 15 is 0 Å². The van der Waals surface area contributed by atoms with Gasteiger partial charge in [-0.25, -0.2) is 0 Å². The topological polar surface area (TPSA) is 46.7 Å². The molecule has 0 bridgehead atoms. The van der Waals surface area contributed by atoms with Crippen LogP contribution >= 0.6 is 0 Å². The summed E-state index contributed by atoms with van der Waals surface area (Å²) >= 11 is 0. The van der Waals surface area contributed by atoms with Gasteiger partial charge < -0.3 is 14.6 Å². The normalized spacial score (nSPS) is 12.4. The van der Waals surface area contributed by atoms with Crippen molar-refractivity contribution < 1.29 is 14.1 Å². The zero-order chi connectivity index (χ0) is 16.1. The van der Waals surface area contributed by atoms with Crippen LogP contribution in [0.4, 0.5) is 0 Å². The number of furan rings is 1. The molecule has 0 radical (unpaired) electrons. The fourth-order valence-electron chi connectivity index (χ4n) is 2.46. The lowest BCUT2D eigenvalue weighted by Crippen LogP contribution is -3.07. The maximum absolute atomic E-state index is 12.2. The van der Waals surface area contributed by atoms with Crippen LogP contribution in [0.5, 0.6) is 0 Å². The first-order valence-corrected chi connectivity index (χ1v) is 7.63. The molecular formula is C18H25N2O2+. The molecule has 1 atom stereocenters. The second kappa shape index (κ2) is 7.27. The van der Waals surface area contributed by atoms with E-state index in [1.165, 1.54) is 16.0 Å². The van der Waals surface area contributed by atoms with Gasteiger partial charge in [0.2, 0.25) is 5.91 Å². The third kappa shape index (κ3) is 4.21. The Morgan fingerprint density at radius 2 is 2.00 bits per heavy atom. The number of carbonyl (C=O) groups is 1. The van der Waals surface area contributed by atoms with Gasteiger partial charge in [-0.05, 0) is 42.7 Å². The maximum Gasteiger partial charge on any atom is 0.224 e. The predicted octanol–water partition coefficient (Wildman–Crippen LogP) is 1.44. The van der Waals surface area contributed by atoms with Crippen molar-refractivity contribution in [3.8, 4) is 0 Å². The van der Waals surface area contributed by atoms with Crippen LogP contribution in [-0.2, 0) is 11.2 Å². The fraction of sp³-hybridized carbons (Fsp3) is 0.389. The van der Waals surface area contributed by atoms with Gasteiger partial charge in [-0.3, -0.25) is 4.79 Å². The zero-order valence-corrected chi connectivity index (χ0v) is 13.8. The first-order valence-electron chi connectivity index (χ1n) is 7.63. The molecule has 2 rings (SSSR count). The lowest BCUT2D eigenvalue weighted by molar-refractivity contribution is -0.891. The number of hydrogen-bond donors (Lipinski definition) is 2. The van der Waals surface area contributed by atoms with E-state index in [0.717, 1.165) is 11.3 Å². The van der Waals surface area contributed by atoms with Crippen molar-refractivity contribution in [1.82, 2.24) is 5.32 Å². The summed E-state index contributed by atoms with van der Waals surface area (Å²) in [7, 11) is 4.12. The van der Waals surface area contributed by atoms with Gasteiger partial charge in [0.05, 0.1) is 33.3 Å². The Morgan fingerprint density at radius 3 is 2.59 bits per heavy atom. The zero-order valence-electron chi connectivity index (χ0n) is 13.8. The highest BCUT2D eigenvalue weighted by Gasteiger charge is 2.21. The molecule has 118 valence electrons. The number of amides is 1. The maximum atomic E-state index is 12.2. The Labute approximate surface area is 132 Å². The molecule has 0 aliphatic heterocycles. The van der Waals surface area contributed by atoms with Crippen molar-refractivity contribution in [3.05, 3.63) is 59.0 Å². The molecule has 1 aromatic heterocycles. The van der Waals surface area contributed by atoms with E-state index in [-0.39, 0.29) is 11.9 Å². The Morgan fingerprint density at radius 1 is 1.23 bits per heavy atom. The minimum atomic E-state index is 0.0426. The van der Waals surface area contributed by atoms with Crippen molar-refractivity contribution >= 4 is 5.91 Å². The third-order valence-corrected chi connectivity index (χ3v) is 4.02. The van der Waals surface area contributed by atoms with E-state index in [1.807, 2.05) is 18.2 Å². The molecule has 4 nitrogen and oxygen atoms in total. The van der Waals surface area contributed by atoms with E-state index in [1.54, 1.807) is 6.26 Å². The Bertz CT molecular complexity index is 618. The summed E-state index contributed by atoms with van der Waals surface area (Å²) in [5.41, 5.74) is 3.52. The molecule has 0 spiro atoms. The first kappa shape index (κ1) is 16.3. The van der Waals surface area contributed by atoms with Crippen LogP contribution in [0.3, 0.4) is 0 Å². The Balaban J connectivity index is 1.92. The Hall–Kier alpha value is -2.07. The molecule has 0 fully saturated rings. The smallest absolute Gasteiger partial charge is 0.224 e. The molecule has 22 heavy (non-hydrogen) atoms. The monoisotopic (exact) mass is 301 g/mol. The van der Waals surface area contributed by atoms with Crippen molar-refractivity contribution in [3.63, 3.8) is 0 Å². The molecule has 0 saturated carbocycles. The average Bonchev–Trinajstić information content (AvgIpc) is 2.97. The van der Waals surface area contributed by atoms with Crippen LogP contribution in [0, 0.1) is 13.8 Å². The lowest BCUT2D eigenvalue weighted by atomic mass is 10.0. The summed E-state index contributed by atoms with van der Waals surface area (Å²) in [6.07, 6.45) is 2.08. The summed E-state index contributed by atoms with van der Waals surface area (Å²) in [5, 5.41) is 3.02. The van der Waals surface area contributed by atoms with E-state index in [4.69, 9.17) is 4.42 Å². The highest BCUT2D eigenvalue weighted by Crippen LogP contribution is 2.11. The lowest BCUT2D eigenvalue weighted by Gasteiger charge is -2.19. The molecule has 0 saturated heterocycles. The van der Waals surface area contributed by atoms with Crippen LogP contribution in [0.15, 0.2) is 41.0 Å². The number of likely N-dealkylation sites (N-methyl/N-ethyl adjacent to an activating group) is 1. The summed E-state index contributed by atoms with van der Waals surface area (Å²) in [4.78, 5) is 13.4. The third-order valence-electron chi connectivity index (χ3n) is 4.02. The number of aryl methyl sites for hydroxylation is 2. The van der Waals surface area contributed by atoms with E-state index in [2.05, 4.69) is 45.4 Å². The van der Waals surface area contributed by atoms with Crippen LogP contribution in [0.25, 0.3) is 0 Å². The molecule has 4 heteroatoms. The number of hydrogen-bond acceptors (Lipinski definition) is 2. The fourth-order valence-corrected chi connectivity index (χ4v) is 2.46. The highest BCUT2D eigenvalue weighted by molar-refractivity contribution is 5.78. The minimum absolute atomic E-state index is 0.0426. The van der Waals surface area contributed by atoms with E-state index < -0.39 is 0 Å². The summed E-state index contributed by atoms with van der Waals surface area (Å²) in [6.45, 7) is 4.71. The molecule has 0 aliphatic rings. The van der Waals surface area contributed by atoms with E-state index in [0.29, 0.717) is 13.0 Å². The number of nitrogens with one attached hydrogen (secondary N) is 2. The second-order valence-electron chi connectivity index (χ2n) is 6.04. The standard InChI is InChI=1S/C18H24N2O2/c1-13-7-8-15(10-14(13)2)11-18(21)19-12-16(20(3)4)17-6-5-9-22-17/h5-10,16H,11-12H2,1-4H3,(H,19,21)/p+1/t16-/m0/s1. The van der Waals surface area contributed by atoms with Gasteiger partial charge in [0, 0.05) is 0 Å². The van der Waals surface area contributed by atoms with Crippen molar-refractivity contribution in [2.24, 2.45) is 0 Å². The van der Waals surface area contributed by atoms with Crippen molar-refractivity contribution in [1.29, 1.82) is 0 Å². The van der Waals surface area contributed by atoms with E-state index in [9.17, 15) is 4.79 Å². The van der Waals surface area contributed by atoms with Crippen LogP contribution in [-0.4, -0.2) is 26.5 Å². The van der Waals surface area contributed by atoms with Crippen molar-refractivity contribution in [2.75, 3.05) is 20.6 Å². The molecule has 2 N–H and O–H groups in total. The molecule has 1 amide bonds. The predicted molar refractivity (Wildman–Crippen MR) is 86.9 cm³/mol. The van der Waals surface area contributed by atoms with Gasteiger partial charge in [0.1, 0.15) is 0 Å². The quantitative estimate of drug-likeness (QED) is 0.848.